The molecule has 0 aliphatic carbocycles. The molecule has 0 bridgehead atoms. The average Bonchev–Trinajstić information content (AvgIpc) is 2.93. The molecule has 2 aliphatic heterocycles. The van der Waals surface area contributed by atoms with Gasteiger partial charge in [0.05, 0.1) is 31.4 Å². The van der Waals surface area contributed by atoms with Gasteiger partial charge < -0.3 is 9.64 Å². The number of carbonyl (C=O) groups excluding carboxylic acids is 1. The quantitative estimate of drug-likeness (QED) is 0.840. The minimum Gasteiger partial charge on any atom is -0.377 e. The van der Waals surface area contributed by atoms with E-state index in [0.29, 0.717) is 31.0 Å². The van der Waals surface area contributed by atoms with E-state index in [1.807, 2.05) is 6.07 Å². The highest BCUT2D eigenvalue weighted by atomic mass is 16.5. The van der Waals surface area contributed by atoms with Gasteiger partial charge in [0.15, 0.2) is 5.65 Å². The Kier molecular flexibility index (Phi) is 2.57. The predicted octanol–water partition coefficient (Wildman–Crippen LogP) is 0.675. The molecule has 0 unspecified atom stereocenters. The molecule has 116 valence electrons. The van der Waals surface area contributed by atoms with Crippen LogP contribution in [0, 0.1) is 0 Å². The fourth-order valence-corrected chi connectivity index (χ4v) is 2.84. The molecule has 1 fully saturated rings. The summed E-state index contributed by atoms with van der Waals surface area (Å²) in [5, 5.41) is 3.11. The third-order valence-electron chi connectivity index (χ3n) is 4.37. The SMILES string of the molecule is CC(C)(C)c1cc2nc3c(c(=O)n2[nH]1)CN(C1COC1)C3=O. The standard InChI is InChI=1S/C15H18N4O3/c1-15(2,3)10-4-11-16-12-9(13(20)19(11)17-10)5-18(14(12)21)8-6-22-7-8/h4,8,17H,5-7H2,1-3H3. The van der Waals surface area contributed by atoms with Crippen molar-refractivity contribution in [3.8, 4) is 0 Å². The van der Waals surface area contributed by atoms with Crippen molar-refractivity contribution in [2.24, 2.45) is 0 Å². The van der Waals surface area contributed by atoms with Crippen LogP contribution in [-0.2, 0) is 16.7 Å². The van der Waals surface area contributed by atoms with Crippen LogP contribution in [0.3, 0.4) is 0 Å². The van der Waals surface area contributed by atoms with Gasteiger partial charge in [0.1, 0.15) is 5.69 Å². The summed E-state index contributed by atoms with van der Waals surface area (Å²) >= 11 is 0. The minimum absolute atomic E-state index is 0.0644. The van der Waals surface area contributed by atoms with E-state index in [9.17, 15) is 9.59 Å². The number of aromatic nitrogens is 3. The van der Waals surface area contributed by atoms with E-state index >= 15 is 0 Å². The lowest BCUT2D eigenvalue weighted by Gasteiger charge is -2.34. The van der Waals surface area contributed by atoms with Gasteiger partial charge in [-0.3, -0.25) is 14.7 Å². The maximum atomic E-state index is 12.7. The molecule has 0 saturated carbocycles. The number of nitrogens with zero attached hydrogens (tertiary/aromatic N) is 3. The second-order valence-corrected chi connectivity index (χ2v) is 6.98. The van der Waals surface area contributed by atoms with Crippen LogP contribution in [0.4, 0.5) is 0 Å². The van der Waals surface area contributed by atoms with Gasteiger partial charge in [-0.15, -0.1) is 0 Å². The van der Waals surface area contributed by atoms with E-state index in [4.69, 9.17) is 4.74 Å². The summed E-state index contributed by atoms with van der Waals surface area (Å²) in [6.07, 6.45) is 0. The largest absolute Gasteiger partial charge is 0.377 e. The number of rotatable bonds is 1. The molecule has 0 radical (unpaired) electrons. The van der Waals surface area contributed by atoms with Crippen LogP contribution in [0.15, 0.2) is 10.9 Å². The Hall–Kier alpha value is -2.15. The van der Waals surface area contributed by atoms with Crippen LogP contribution >= 0.6 is 0 Å². The Morgan fingerprint density at radius 2 is 2.05 bits per heavy atom. The lowest BCUT2D eigenvalue weighted by molar-refractivity contribution is -0.0541. The third-order valence-corrected chi connectivity index (χ3v) is 4.37. The van der Waals surface area contributed by atoms with Crippen molar-refractivity contribution < 1.29 is 9.53 Å². The van der Waals surface area contributed by atoms with E-state index in [1.165, 1.54) is 4.52 Å². The first-order valence-electron chi connectivity index (χ1n) is 7.40. The lowest BCUT2D eigenvalue weighted by Crippen LogP contribution is -2.49. The molecule has 7 heteroatoms. The van der Waals surface area contributed by atoms with Crippen LogP contribution in [-0.4, -0.2) is 44.7 Å². The van der Waals surface area contributed by atoms with E-state index in [0.717, 1.165) is 5.69 Å². The Labute approximate surface area is 126 Å². The first-order chi connectivity index (χ1) is 10.4. The molecule has 4 heterocycles. The zero-order valence-corrected chi connectivity index (χ0v) is 12.8. The van der Waals surface area contributed by atoms with Crippen molar-refractivity contribution >= 4 is 11.6 Å². The number of fused-ring (bicyclic) bond motifs is 2. The Bertz CT molecular complexity index is 839. The van der Waals surface area contributed by atoms with Gasteiger partial charge in [0.25, 0.3) is 11.5 Å². The summed E-state index contributed by atoms with van der Waals surface area (Å²) in [5.74, 6) is -0.165. The van der Waals surface area contributed by atoms with Crippen molar-refractivity contribution in [3.63, 3.8) is 0 Å². The van der Waals surface area contributed by atoms with Crippen molar-refractivity contribution in [1.82, 2.24) is 19.5 Å². The Morgan fingerprint density at radius 3 is 2.64 bits per heavy atom. The molecular weight excluding hydrogens is 284 g/mol. The predicted molar refractivity (Wildman–Crippen MR) is 79.0 cm³/mol. The van der Waals surface area contributed by atoms with Crippen molar-refractivity contribution in [2.75, 3.05) is 13.2 Å². The maximum absolute atomic E-state index is 12.7. The molecular formula is C15H18N4O3. The van der Waals surface area contributed by atoms with E-state index in [-0.39, 0.29) is 28.6 Å². The van der Waals surface area contributed by atoms with Gasteiger partial charge in [-0.2, -0.15) is 0 Å². The number of carbonyl (C=O) groups is 1. The molecule has 2 aliphatic rings. The molecule has 7 nitrogen and oxygen atoms in total. The van der Waals surface area contributed by atoms with Gasteiger partial charge in [-0.05, 0) is 0 Å². The number of nitrogens with one attached hydrogen (secondary N) is 1. The molecule has 0 atom stereocenters. The maximum Gasteiger partial charge on any atom is 0.278 e. The first kappa shape index (κ1) is 13.5. The van der Waals surface area contributed by atoms with Crippen LogP contribution in [0.2, 0.25) is 0 Å². The van der Waals surface area contributed by atoms with Gasteiger partial charge in [0, 0.05) is 17.2 Å². The number of amides is 1. The highest BCUT2D eigenvalue weighted by Gasteiger charge is 2.39. The van der Waals surface area contributed by atoms with E-state index < -0.39 is 0 Å². The summed E-state index contributed by atoms with van der Waals surface area (Å²) in [5.41, 5.74) is 1.86. The molecule has 2 aromatic rings. The molecule has 0 spiro atoms. The van der Waals surface area contributed by atoms with Crippen LogP contribution < -0.4 is 5.56 Å². The summed E-state index contributed by atoms with van der Waals surface area (Å²) in [7, 11) is 0. The molecule has 1 saturated heterocycles. The van der Waals surface area contributed by atoms with Crippen molar-refractivity contribution in [3.05, 3.63) is 33.4 Å². The molecule has 22 heavy (non-hydrogen) atoms. The normalized spacial score (nSPS) is 18.9. The molecule has 0 aromatic carbocycles. The van der Waals surface area contributed by atoms with Crippen LogP contribution in [0.1, 0.15) is 42.5 Å². The lowest BCUT2D eigenvalue weighted by atomic mass is 9.93. The first-order valence-corrected chi connectivity index (χ1v) is 7.40. The highest BCUT2D eigenvalue weighted by molar-refractivity contribution is 5.97. The van der Waals surface area contributed by atoms with Gasteiger partial charge >= 0.3 is 0 Å². The van der Waals surface area contributed by atoms with E-state index in [1.54, 1.807) is 4.90 Å². The summed E-state index contributed by atoms with van der Waals surface area (Å²) < 4.78 is 6.57. The number of aromatic amines is 1. The monoisotopic (exact) mass is 302 g/mol. The fraction of sp³-hybridized carbons (Fsp3) is 0.533. The molecule has 1 amide bonds. The summed E-state index contributed by atoms with van der Waals surface area (Å²) in [6.45, 7) is 7.56. The highest BCUT2D eigenvalue weighted by Crippen LogP contribution is 2.26. The van der Waals surface area contributed by atoms with Crippen molar-refractivity contribution in [2.45, 2.75) is 38.8 Å². The molecule has 4 rings (SSSR count). The van der Waals surface area contributed by atoms with Gasteiger partial charge in [0.2, 0.25) is 0 Å². The molecule has 2 aromatic heterocycles. The van der Waals surface area contributed by atoms with Crippen LogP contribution in [0.25, 0.3) is 5.65 Å². The summed E-state index contributed by atoms with van der Waals surface area (Å²) in [6, 6.07) is 1.90. The van der Waals surface area contributed by atoms with Gasteiger partial charge in [-0.25, -0.2) is 9.50 Å². The topological polar surface area (TPSA) is 79.7 Å². The second-order valence-electron chi connectivity index (χ2n) is 6.98. The molecule has 1 N–H and O–H groups in total. The van der Waals surface area contributed by atoms with Crippen LogP contribution in [0.5, 0.6) is 0 Å². The van der Waals surface area contributed by atoms with E-state index in [2.05, 4.69) is 30.9 Å². The number of ether oxygens (including phenoxy) is 1. The Balaban J connectivity index is 1.85. The fourth-order valence-electron chi connectivity index (χ4n) is 2.84. The van der Waals surface area contributed by atoms with Crippen molar-refractivity contribution in [1.29, 1.82) is 0 Å². The smallest absolute Gasteiger partial charge is 0.278 e. The summed E-state index contributed by atoms with van der Waals surface area (Å²) in [4.78, 5) is 31.3. The average molecular weight is 302 g/mol. The number of H-pyrrole nitrogens is 1. The van der Waals surface area contributed by atoms with Gasteiger partial charge in [-0.1, -0.05) is 20.8 Å². The number of hydrogen-bond acceptors (Lipinski definition) is 4. The zero-order valence-electron chi connectivity index (χ0n) is 12.8. The third kappa shape index (κ3) is 1.75. The second kappa shape index (κ2) is 4.19. The number of hydrogen-bond donors (Lipinski definition) is 1. The Morgan fingerprint density at radius 1 is 1.32 bits per heavy atom. The minimum atomic E-state index is -0.188. The zero-order chi connectivity index (χ0) is 15.6.